The second-order valence-electron chi connectivity index (χ2n) is 11.0. The first-order valence-corrected chi connectivity index (χ1v) is 14.6. The Kier molecular flexibility index (Phi) is 11.1. The largest absolute Gasteiger partial charge is 0.496 e. The molecule has 4 N–H and O–H groups in total. The van der Waals surface area contributed by atoms with Gasteiger partial charge in [0.15, 0.2) is 6.29 Å². The minimum absolute atomic E-state index is 0.0315. The molecule has 0 spiro atoms. The fraction of sp³-hybridized carbons (Fsp3) is 0.250. The molecule has 1 atom stereocenters. The summed E-state index contributed by atoms with van der Waals surface area (Å²) in [6.45, 7) is 5.95. The van der Waals surface area contributed by atoms with Gasteiger partial charge in [-0.1, -0.05) is 61.2 Å². The average molecular weight is 620 g/mol. The highest BCUT2D eigenvalue weighted by atomic mass is 19.4. The second kappa shape index (κ2) is 15.0. The van der Waals surface area contributed by atoms with Gasteiger partial charge in [-0.05, 0) is 90.0 Å². The van der Waals surface area contributed by atoms with Gasteiger partial charge in [0.25, 0.3) is 0 Å². The van der Waals surface area contributed by atoms with Crippen LogP contribution in [0.1, 0.15) is 41.1 Å². The molecule has 1 saturated carbocycles. The molecule has 0 radical (unpaired) electrons. The average Bonchev–Trinajstić information content (AvgIpc) is 3.87. The van der Waals surface area contributed by atoms with E-state index in [-0.39, 0.29) is 17.6 Å². The van der Waals surface area contributed by atoms with E-state index >= 15 is 0 Å². The molecule has 0 heterocycles. The Hall–Kier alpha value is -4.47. The number of carbonyl (C=O) groups excluding carboxylic acids is 1. The number of nitrogens with two attached hydrogens (primary N) is 1. The lowest BCUT2D eigenvalue weighted by atomic mass is 9.91. The molecule has 1 aliphatic rings. The Morgan fingerprint density at radius 2 is 1.82 bits per heavy atom. The predicted molar refractivity (Wildman–Crippen MR) is 172 cm³/mol. The van der Waals surface area contributed by atoms with E-state index in [9.17, 15) is 22.4 Å². The van der Waals surface area contributed by atoms with Crippen molar-refractivity contribution in [2.24, 2.45) is 11.7 Å². The van der Waals surface area contributed by atoms with Gasteiger partial charge in [-0.25, -0.2) is 4.39 Å². The predicted octanol–water partition coefficient (Wildman–Crippen LogP) is 8.14. The number of aryl methyl sites for hydroxylation is 1. The molecule has 0 amide bonds. The quantitative estimate of drug-likeness (QED) is 0.0684. The summed E-state index contributed by atoms with van der Waals surface area (Å²) in [6.07, 6.45) is -1.03. The normalized spacial score (nSPS) is 13.9. The van der Waals surface area contributed by atoms with Crippen molar-refractivity contribution in [3.63, 3.8) is 0 Å². The summed E-state index contributed by atoms with van der Waals surface area (Å²) in [5.74, 6) is 1.44. The number of alkyl halides is 3. The Labute approximate surface area is 260 Å². The van der Waals surface area contributed by atoms with E-state index in [4.69, 9.17) is 10.5 Å². The molecular weight excluding hydrogens is 582 g/mol. The third kappa shape index (κ3) is 9.03. The van der Waals surface area contributed by atoms with Crippen LogP contribution in [0.15, 0.2) is 103 Å². The van der Waals surface area contributed by atoms with Crippen LogP contribution in [-0.4, -0.2) is 26.1 Å². The number of benzene rings is 4. The number of aldehydes is 1. The van der Waals surface area contributed by atoms with Crippen LogP contribution >= 0.6 is 0 Å². The smallest absolute Gasteiger partial charge is 0.415 e. The zero-order valence-corrected chi connectivity index (χ0v) is 25.3. The highest BCUT2D eigenvalue weighted by molar-refractivity contribution is 5.88. The molecule has 0 saturated heterocycles. The second-order valence-corrected chi connectivity index (χ2v) is 11.0. The lowest BCUT2D eigenvalue weighted by Gasteiger charge is -2.24. The fourth-order valence-electron chi connectivity index (χ4n) is 4.90. The van der Waals surface area contributed by atoms with Crippen molar-refractivity contribution in [2.45, 2.75) is 38.5 Å². The lowest BCUT2D eigenvalue weighted by Crippen LogP contribution is -2.25. The summed E-state index contributed by atoms with van der Waals surface area (Å²) in [4.78, 5) is 10.8. The molecule has 0 bridgehead atoms. The van der Waals surface area contributed by atoms with Crippen LogP contribution in [0.3, 0.4) is 0 Å². The first-order valence-electron chi connectivity index (χ1n) is 14.6. The van der Waals surface area contributed by atoms with Crippen molar-refractivity contribution in [2.75, 3.05) is 19.0 Å². The van der Waals surface area contributed by atoms with E-state index in [0.29, 0.717) is 30.2 Å². The molecule has 236 valence electrons. The van der Waals surface area contributed by atoms with Crippen LogP contribution in [0.5, 0.6) is 5.75 Å². The molecule has 5 nitrogen and oxygen atoms in total. The minimum Gasteiger partial charge on any atom is -0.496 e. The van der Waals surface area contributed by atoms with Crippen LogP contribution in [0.25, 0.3) is 10.8 Å². The number of halogens is 4. The molecule has 0 aliphatic heterocycles. The van der Waals surface area contributed by atoms with Crippen molar-refractivity contribution >= 4 is 22.7 Å². The molecule has 1 fully saturated rings. The van der Waals surface area contributed by atoms with Crippen LogP contribution in [0, 0.1) is 18.7 Å². The zero-order valence-electron chi connectivity index (χ0n) is 25.3. The molecule has 0 aromatic heterocycles. The number of allylic oxidation sites excluding steroid dienone is 3. The number of anilines is 1. The minimum atomic E-state index is -4.56. The first-order chi connectivity index (χ1) is 21.5. The number of methoxy groups -OCH3 is 1. The SMILES string of the molecule is C=C(/C=C(/C=O)Nc1cccc(CN)c1)C(F)(F)F.COc1ccc2ccccc2c1C(NCC1CC1)c1ccc(F)c(C)c1. The number of hydrogen-bond donors (Lipinski definition) is 3. The number of hydrogen-bond acceptors (Lipinski definition) is 5. The Morgan fingerprint density at radius 1 is 1.07 bits per heavy atom. The molecule has 4 aromatic carbocycles. The van der Waals surface area contributed by atoms with Gasteiger partial charge in [-0.15, -0.1) is 0 Å². The third-order valence-corrected chi connectivity index (χ3v) is 7.53. The number of nitrogens with one attached hydrogen (secondary N) is 2. The molecule has 1 aliphatic carbocycles. The van der Waals surface area contributed by atoms with Gasteiger partial charge in [-0.2, -0.15) is 13.2 Å². The van der Waals surface area contributed by atoms with Crippen LogP contribution in [0.2, 0.25) is 0 Å². The van der Waals surface area contributed by atoms with Crippen molar-refractivity contribution in [1.82, 2.24) is 5.32 Å². The molecule has 45 heavy (non-hydrogen) atoms. The van der Waals surface area contributed by atoms with E-state index in [1.807, 2.05) is 31.2 Å². The van der Waals surface area contributed by atoms with E-state index in [2.05, 4.69) is 41.5 Å². The number of ether oxygens (including phenoxy) is 1. The van der Waals surface area contributed by atoms with Crippen molar-refractivity contribution < 1.29 is 27.1 Å². The topological polar surface area (TPSA) is 76.4 Å². The molecule has 1 unspecified atom stereocenters. The van der Waals surface area contributed by atoms with Crippen LogP contribution < -0.4 is 21.1 Å². The number of fused-ring (bicyclic) bond motifs is 1. The van der Waals surface area contributed by atoms with Crippen molar-refractivity contribution in [1.29, 1.82) is 0 Å². The van der Waals surface area contributed by atoms with Crippen molar-refractivity contribution in [3.8, 4) is 5.75 Å². The summed E-state index contributed by atoms with van der Waals surface area (Å²) in [6, 6.07) is 24.6. The van der Waals surface area contributed by atoms with Crippen LogP contribution in [-0.2, 0) is 11.3 Å². The van der Waals surface area contributed by atoms with Gasteiger partial charge in [0, 0.05) is 17.8 Å². The van der Waals surface area contributed by atoms with Gasteiger partial charge < -0.3 is 21.1 Å². The van der Waals surface area contributed by atoms with Gasteiger partial charge in [0.1, 0.15) is 11.6 Å². The van der Waals surface area contributed by atoms with E-state index in [0.717, 1.165) is 34.9 Å². The number of carbonyl (C=O) groups is 1. The molecule has 4 aromatic rings. The highest BCUT2D eigenvalue weighted by Crippen LogP contribution is 2.38. The van der Waals surface area contributed by atoms with Crippen molar-refractivity contribution in [3.05, 3.63) is 131 Å². The van der Waals surface area contributed by atoms with E-state index < -0.39 is 11.7 Å². The third-order valence-electron chi connectivity index (χ3n) is 7.53. The maximum Gasteiger partial charge on any atom is 0.415 e. The fourth-order valence-corrected chi connectivity index (χ4v) is 4.90. The first kappa shape index (κ1) is 33.4. The summed E-state index contributed by atoms with van der Waals surface area (Å²) >= 11 is 0. The zero-order chi connectivity index (χ0) is 32.6. The lowest BCUT2D eigenvalue weighted by molar-refractivity contribution is -0.104. The van der Waals surface area contributed by atoms with Gasteiger partial charge in [0.05, 0.1) is 24.4 Å². The monoisotopic (exact) mass is 619 g/mol. The van der Waals surface area contributed by atoms with E-state index in [1.54, 1.807) is 37.4 Å². The van der Waals surface area contributed by atoms with Gasteiger partial charge >= 0.3 is 6.18 Å². The Balaban J connectivity index is 0.000000217. The highest BCUT2D eigenvalue weighted by Gasteiger charge is 2.30. The van der Waals surface area contributed by atoms with Crippen LogP contribution in [0.4, 0.5) is 23.2 Å². The Bertz CT molecular complexity index is 1680. The summed E-state index contributed by atoms with van der Waals surface area (Å²) in [5, 5.41) is 8.66. The van der Waals surface area contributed by atoms with Gasteiger partial charge in [-0.3, -0.25) is 4.79 Å². The number of rotatable bonds is 11. The standard InChI is InChI=1S/C23H24FNO.C13H13F3N2O/c1-15-13-18(9-11-20(15)24)23(25-14-16-7-8-16)22-19-6-4-3-5-17(19)10-12-21(22)26-2;1-9(13(14,15)16)5-12(8-19)18-11-4-2-3-10(6-11)7-17/h3-6,9-13,16,23,25H,7-8,14H2,1-2H3;2-6,8,18H,1,7,17H2/b;12-5-. The maximum absolute atomic E-state index is 13.8. The molecule has 5 rings (SSSR count). The van der Waals surface area contributed by atoms with Gasteiger partial charge in [0.2, 0.25) is 0 Å². The summed E-state index contributed by atoms with van der Waals surface area (Å²) in [5.41, 5.74) is 8.26. The summed E-state index contributed by atoms with van der Waals surface area (Å²) < 4.78 is 56.5. The molecular formula is C36H37F4N3O2. The Morgan fingerprint density at radius 3 is 2.47 bits per heavy atom. The summed E-state index contributed by atoms with van der Waals surface area (Å²) in [7, 11) is 1.71. The van der Waals surface area contributed by atoms with E-state index in [1.165, 1.54) is 23.6 Å². The maximum atomic E-state index is 13.8. The molecule has 9 heteroatoms.